The van der Waals surface area contributed by atoms with Crippen molar-refractivity contribution in [2.24, 2.45) is 11.7 Å². The number of hydrogen-bond acceptors (Lipinski definition) is 8. The minimum atomic E-state index is -1.67. The van der Waals surface area contributed by atoms with Gasteiger partial charge in [0.25, 0.3) is 0 Å². The number of rotatable bonds is 12. The molecule has 0 aromatic carbocycles. The summed E-state index contributed by atoms with van der Waals surface area (Å²) >= 11 is 7.93. The average molecular weight is 439 g/mol. The highest BCUT2D eigenvalue weighted by molar-refractivity contribution is 7.80. The maximum atomic E-state index is 12.3. The summed E-state index contributed by atoms with van der Waals surface area (Å²) in [6.07, 6.45) is -0.837. The fourth-order valence-corrected chi connectivity index (χ4v) is 2.39. The second kappa shape index (κ2) is 12.5. The number of carboxylic acids is 2. The van der Waals surface area contributed by atoms with Gasteiger partial charge in [-0.3, -0.25) is 19.2 Å². The lowest BCUT2D eigenvalue weighted by Gasteiger charge is -2.24. The monoisotopic (exact) mass is 438 g/mol. The molecule has 0 radical (unpaired) electrons. The Balaban J connectivity index is 5.02. The van der Waals surface area contributed by atoms with E-state index in [1.54, 1.807) is 13.8 Å². The number of aliphatic carboxylic acids is 2. The molecule has 11 nitrogen and oxygen atoms in total. The number of amides is 3. The molecule has 0 heterocycles. The van der Waals surface area contributed by atoms with Crippen LogP contribution in [-0.4, -0.2) is 75.5 Å². The van der Waals surface area contributed by atoms with Gasteiger partial charge in [-0.15, -0.1) is 0 Å². The van der Waals surface area contributed by atoms with Crippen molar-refractivity contribution in [2.75, 3.05) is 11.5 Å². The highest BCUT2D eigenvalue weighted by Crippen LogP contribution is 2.01. The molecule has 0 aromatic rings. The van der Waals surface area contributed by atoms with Gasteiger partial charge in [-0.25, -0.2) is 4.79 Å². The lowest BCUT2D eigenvalue weighted by Crippen LogP contribution is -2.58. The Hall–Kier alpha value is -1.99. The largest absolute Gasteiger partial charge is 0.481 e. The summed E-state index contributed by atoms with van der Waals surface area (Å²) in [6, 6.07) is -4.87. The van der Waals surface area contributed by atoms with Gasteiger partial charge in [0.1, 0.15) is 18.1 Å². The first-order chi connectivity index (χ1) is 12.9. The van der Waals surface area contributed by atoms with E-state index in [1.807, 2.05) is 5.32 Å². The summed E-state index contributed by atoms with van der Waals surface area (Å²) in [5.41, 5.74) is 5.71. The second-order valence-electron chi connectivity index (χ2n) is 6.25. The Labute approximate surface area is 173 Å². The van der Waals surface area contributed by atoms with Crippen LogP contribution >= 0.6 is 25.3 Å². The van der Waals surface area contributed by atoms with Crippen molar-refractivity contribution in [3.63, 3.8) is 0 Å². The molecular weight excluding hydrogens is 412 g/mol. The first-order valence-electron chi connectivity index (χ1n) is 8.27. The number of thiol groups is 2. The van der Waals surface area contributed by atoms with E-state index in [-0.39, 0.29) is 17.4 Å². The molecule has 0 aliphatic rings. The molecule has 0 saturated carbocycles. The van der Waals surface area contributed by atoms with Crippen LogP contribution in [0.5, 0.6) is 0 Å². The van der Waals surface area contributed by atoms with Crippen LogP contribution in [0.25, 0.3) is 0 Å². The lowest BCUT2D eigenvalue weighted by molar-refractivity contribution is -0.147. The molecule has 0 aliphatic carbocycles. The summed E-state index contributed by atoms with van der Waals surface area (Å²) in [6.45, 7) is 3.47. The standard InChI is InChI=1S/C15H26N4O7S2/c1-6(2)11(16)14(24)19-9(5-28)13(23)18-8(4-27)12(22)17-7(15(25)26)3-10(20)21/h6-9,11,27-28H,3-5,16H2,1-2H3,(H,17,22)(H,18,23)(H,19,24)(H,20,21)(H,25,26). The van der Waals surface area contributed by atoms with Crippen LogP contribution in [0, 0.1) is 5.92 Å². The fraction of sp³-hybridized carbons (Fsp3) is 0.667. The van der Waals surface area contributed by atoms with E-state index >= 15 is 0 Å². The van der Waals surface area contributed by atoms with E-state index in [0.717, 1.165) is 0 Å². The molecule has 160 valence electrons. The number of hydrogen-bond donors (Lipinski definition) is 8. The van der Waals surface area contributed by atoms with Gasteiger partial charge in [-0.1, -0.05) is 13.8 Å². The molecule has 7 N–H and O–H groups in total. The zero-order valence-electron chi connectivity index (χ0n) is 15.4. The van der Waals surface area contributed by atoms with Gasteiger partial charge < -0.3 is 31.9 Å². The maximum Gasteiger partial charge on any atom is 0.326 e. The van der Waals surface area contributed by atoms with E-state index in [2.05, 4.69) is 35.9 Å². The molecule has 0 saturated heterocycles. The SMILES string of the molecule is CC(C)C(N)C(=O)NC(CS)C(=O)NC(CS)C(=O)NC(CC(=O)O)C(=O)O. The first kappa shape index (κ1) is 26.0. The van der Waals surface area contributed by atoms with E-state index in [1.165, 1.54) is 0 Å². The number of nitrogens with two attached hydrogens (primary N) is 1. The molecule has 4 unspecified atom stereocenters. The minimum absolute atomic E-state index is 0.0833. The van der Waals surface area contributed by atoms with Crippen LogP contribution in [0.4, 0.5) is 0 Å². The highest BCUT2D eigenvalue weighted by Gasteiger charge is 2.30. The molecule has 0 fully saturated rings. The van der Waals surface area contributed by atoms with Gasteiger partial charge in [-0.2, -0.15) is 25.3 Å². The smallest absolute Gasteiger partial charge is 0.326 e. The third kappa shape index (κ3) is 8.80. The van der Waals surface area contributed by atoms with Gasteiger partial charge in [0.05, 0.1) is 12.5 Å². The molecule has 28 heavy (non-hydrogen) atoms. The molecule has 4 atom stereocenters. The van der Waals surface area contributed by atoms with E-state index in [0.29, 0.717) is 0 Å². The van der Waals surface area contributed by atoms with Crippen LogP contribution < -0.4 is 21.7 Å². The highest BCUT2D eigenvalue weighted by atomic mass is 32.1. The third-order valence-electron chi connectivity index (χ3n) is 3.65. The van der Waals surface area contributed by atoms with E-state index in [9.17, 15) is 24.0 Å². The van der Waals surface area contributed by atoms with E-state index < -0.39 is 60.2 Å². The topological polar surface area (TPSA) is 188 Å². The predicted molar refractivity (Wildman–Crippen MR) is 106 cm³/mol. The molecule has 0 aromatic heterocycles. The van der Waals surface area contributed by atoms with Crippen molar-refractivity contribution in [1.29, 1.82) is 0 Å². The summed E-state index contributed by atoms with van der Waals surface area (Å²) < 4.78 is 0. The van der Waals surface area contributed by atoms with Gasteiger partial charge >= 0.3 is 11.9 Å². The molecule has 13 heteroatoms. The van der Waals surface area contributed by atoms with Crippen molar-refractivity contribution in [1.82, 2.24) is 16.0 Å². The predicted octanol–water partition coefficient (Wildman–Crippen LogP) is -2.16. The zero-order chi connectivity index (χ0) is 22.0. The van der Waals surface area contributed by atoms with Crippen molar-refractivity contribution in [3.8, 4) is 0 Å². The second-order valence-corrected chi connectivity index (χ2v) is 6.98. The van der Waals surface area contributed by atoms with Gasteiger partial charge in [0.15, 0.2) is 0 Å². The number of carbonyl (C=O) groups is 5. The molecule has 0 spiro atoms. The Morgan fingerprint density at radius 2 is 1.21 bits per heavy atom. The molecule has 0 bridgehead atoms. The summed E-state index contributed by atoms with van der Waals surface area (Å²) in [7, 11) is 0. The third-order valence-corrected chi connectivity index (χ3v) is 4.38. The van der Waals surface area contributed by atoms with Crippen molar-refractivity contribution < 1.29 is 34.2 Å². The van der Waals surface area contributed by atoms with Crippen molar-refractivity contribution >= 4 is 54.9 Å². The Morgan fingerprint density at radius 1 is 0.821 bits per heavy atom. The molecular formula is C15H26N4O7S2. The molecule has 3 amide bonds. The lowest BCUT2D eigenvalue weighted by atomic mass is 10.0. The Bertz CT molecular complexity index is 603. The molecule has 0 rings (SSSR count). The van der Waals surface area contributed by atoms with Gasteiger partial charge in [0, 0.05) is 11.5 Å². The fourth-order valence-electron chi connectivity index (χ4n) is 1.88. The van der Waals surface area contributed by atoms with Crippen LogP contribution in [0.1, 0.15) is 20.3 Å². The number of carboxylic acid groups (broad SMARTS) is 2. The average Bonchev–Trinajstić information content (AvgIpc) is 2.61. The van der Waals surface area contributed by atoms with Gasteiger partial charge in [-0.05, 0) is 5.92 Å². The van der Waals surface area contributed by atoms with Crippen LogP contribution in [0.15, 0.2) is 0 Å². The maximum absolute atomic E-state index is 12.3. The quantitative estimate of drug-likeness (QED) is 0.158. The first-order valence-corrected chi connectivity index (χ1v) is 9.54. The van der Waals surface area contributed by atoms with Crippen molar-refractivity contribution in [2.45, 2.75) is 44.4 Å². The normalized spacial score (nSPS) is 15.1. The van der Waals surface area contributed by atoms with Crippen molar-refractivity contribution in [3.05, 3.63) is 0 Å². The van der Waals surface area contributed by atoms with Crippen LogP contribution in [-0.2, 0) is 24.0 Å². The van der Waals surface area contributed by atoms with Crippen LogP contribution in [0.2, 0.25) is 0 Å². The van der Waals surface area contributed by atoms with E-state index in [4.69, 9.17) is 15.9 Å². The van der Waals surface area contributed by atoms with Crippen LogP contribution in [0.3, 0.4) is 0 Å². The minimum Gasteiger partial charge on any atom is -0.481 e. The van der Waals surface area contributed by atoms with Gasteiger partial charge in [0.2, 0.25) is 17.7 Å². The number of carbonyl (C=O) groups excluding carboxylic acids is 3. The number of nitrogens with one attached hydrogen (secondary N) is 3. The summed E-state index contributed by atoms with van der Waals surface area (Å²) in [4.78, 5) is 58.3. The zero-order valence-corrected chi connectivity index (χ0v) is 17.2. The molecule has 0 aliphatic heterocycles. The summed E-state index contributed by atoms with van der Waals surface area (Å²) in [5.74, 6) is -5.65. The Kier molecular flexibility index (Phi) is 11.6. The summed E-state index contributed by atoms with van der Waals surface area (Å²) in [5, 5.41) is 24.4. The Morgan fingerprint density at radius 3 is 1.54 bits per heavy atom.